The number of hydrogen-bond acceptors (Lipinski definition) is 4. The van der Waals surface area contributed by atoms with Crippen molar-refractivity contribution in [2.75, 3.05) is 14.2 Å². The maximum Gasteiger partial charge on any atom is 0.161 e. The van der Waals surface area contributed by atoms with Gasteiger partial charge in [0.25, 0.3) is 0 Å². The van der Waals surface area contributed by atoms with Crippen LogP contribution in [0.2, 0.25) is 0 Å². The van der Waals surface area contributed by atoms with E-state index in [2.05, 4.69) is 0 Å². The fraction of sp³-hybridized carbons (Fsp3) is 0.308. The maximum atomic E-state index is 9.87. The standard InChI is InChI=1S/C13H15NO3/c1-16-12-7-6-10(9-13(12)17-2)11(15)5-3-4-8-14/h3-4,6-7,9,11,15H,5H2,1-2H3/b4-3-/t11-/m0/s1. The summed E-state index contributed by atoms with van der Waals surface area (Å²) in [6, 6.07) is 7.12. The van der Waals surface area contributed by atoms with Gasteiger partial charge >= 0.3 is 0 Å². The number of nitrogens with zero attached hydrogens (tertiary/aromatic N) is 1. The highest BCUT2D eigenvalue weighted by atomic mass is 16.5. The quantitative estimate of drug-likeness (QED) is 0.792. The zero-order valence-corrected chi connectivity index (χ0v) is 9.88. The molecule has 0 saturated heterocycles. The smallest absolute Gasteiger partial charge is 0.161 e. The molecular weight excluding hydrogens is 218 g/mol. The third-order valence-electron chi connectivity index (χ3n) is 2.34. The average Bonchev–Trinajstić information content (AvgIpc) is 2.38. The zero-order chi connectivity index (χ0) is 12.7. The van der Waals surface area contributed by atoms with E-state index < -0.39 is 6.10 Å². The first kappa shape index (κ1) is 13.1. The normalized spacial score (nSPS) is 12.1. The van der Waals surface area contributed by atoms with Crippen molar-refractivity contribution in [3.63, 3.8) is 0 Å². The summed E-state index contributed by atoms with van der Waals surface area (Å²) in [7, 11) is 3.10. The van der Waals surface area contributed by atoms with E-state index in [4.69, 9.17) is 14.7 Å². The topological polar surface area (TPSA) is 62.5 Å². The predicted molar refractivity (Wildman–Crippen MR) is 63.9 cm³/mol. The lowest BCUT2D eigenvalue weighted by atomic mass is 10.1. The molecule has 0 saturated carbocycles. The first-order valence-corrected chi connectivity index (χ1v) is 5.17. The van der Waals surface area contributed by atoms with Crippen LogP contribution in [0.1, 0.15) is 18.1 Å². The van der Waals surface area contributed by atoms with Crippen molar-refractivity contribution >= 4 is 0 Å². The second-order valence-corrected chi connectivity index (χ2v) is 3.40. The summed E-state index contributed by atoms with van der Waals surface area (Å²) in [6.07, 6.45) is 2.72. The van der Waals surface area contributed by atoms with Crippen LogP contribution in [0, 0.1) is 11.3 Å². The number of methoxy groups -OCH3 is 2. The number of benzene rings is 1. The van der Waals surface area contributed by atoms with Gasteiger partial charge in [-0.3, -0.25) is 0 Å². The molecule has 0 aliphatic carbocycles. The number of nitriles is 1. The zero-order valence-electron chi connectivity index (χ0n) is 9.88. The van der Waals surface area contributed by atoms with Gasteiger partial charge in [0.1, 0.15) is 0 Å². The summed E-state index contributed by atoms with van der Waals surface area (Å²) in [5.74, 6) is 1.20. The molecule has 0 heterocycles. The minimum atomic E-state index is -0.653. The Labute approximate surface area is 101 Å². The van der Waals surface area contributed by atoms with Gasteiger partial charge in [-0.25, -0.2) is 0 Å². The molecule has 0 aliphatic heterocycles. The highest BCUT2D eigenvalue weighted by Gasteiger charge is 2.10. The van der Waals surface area contributed by atoms with Crippen LogP contribution in [0.25, 0.3) is 0 Å². The number of aliphatic hydroxyl groups excluding tert-OH is 1. The Morgan fingerprint density at radius 3 is 2.65 bits per heavy atom. The number of allylic oxidation sites excluding steroid dienone is 1. The van der Waals surface area contributed by atoms with Crippen LogP contribution in [0.15, 0.2) is 30.4 Å². The molecule has 1 aromatic rings. The van der Waals surface area contributed by atoms with Crippen LogP contribution in [0.5, 0.6) is 11.5 Å². The van der Waals surface area contributed by atoms with Crippen LogP contribution in [0.3, 0.4) is 0 Å². The summed E-state index contributed by atoms with van der Waals surface area (Å²) in [5.41, 5.74) is 0.727. The van der Waals surface area contributed by atoms with Gasteiger partial charge in [-0.1, -0.05) is 12.1 Å². The van der Waals surface area contributed by atoms with Gasteiger partial charge in [0.15, 0.2) is 11.5 Å². The molecule has 17 heavy (non-hydrogen) atoms. The van der Waals surface area contributed by atoms with Crippen LogP contribution in [0.4, 0.5) is 0 Å². The molecule has 0 bridgehead atoms. The van der Waals surface area contributed by atoms with E-state index in [1.807, 2.05) is 6.07 Å². The van der Waals surface area contributed by atoms with Gasteiger partial charge in [-0.15, -0.1) is 0 Å². The predicted octanol–water partition coefficient (Wildman–Crippen LogP) is 2.21. The van der Waals surface area contributed by atoms with Crippen molar-refractivity contribution in [1.29, 1.82) is 5.26 Å². The van der Waals surface area contributed by atoms with Gasteiger partial charge in [-0.2, -0.15) is 5.26 Å². The molecule has 1 atom stereocenters. The average molecular weight is 233 g/mol. The monoisotopic (exact) mass is 233 g/mol. The summed E-state index contributed by atoms with van der Waals surface area (Å²) in [6.45, 7) is 0. The van der Waals surface area contributed by atoms with Crippen LogP contribution < -0.4 is 9.47 Å². The van der Waals surface area contributed by atoms with E-state index in [0.717, 1.165) is 5.56 Å². The molecule has 90 valence electrons. The summed E-state index contributed by atoms with van der Waals surface area (Å²) in [5, 5.41) is 18.2. The lowest BCUT2D eigenvalue weighted by molar-refractivity contribution is 0.181. The van der Waals surface area contributed by atoms with Crippen molar-refractivity contribution in [3.05, 3.63) is 35.9 Å². The van der Waals surface area contributed by atoms with E-state index in [1.54, 1.807) is 38.5 Å². The number of ether oxygens (including phenoxy) is 2. The van der Waals surface area contributed by atoms with E-state index in [-0.39, 0.29) is 0 Å². The molecule has 4 heteroatoms. The third-order valence-corrected chi connectivity index (χ3v) is 2.34. The van der Waals surface area contributed by atoms with Crippen molar-refractivity contribution in [1.82, 2.24) is 0 Å². The van der Waals surface area contributed by atoms with Crippen molar-refractivity contribution in [2.45, 2.75) is 12.5 Å². The second kappa shape index (κ2) is 6.56. The Bertz CT molecular complexity index is 435. The summed E-state index contributed by atoms with van der Waals surface area (Å²) in [4.78, 5) is 0. The lowest BCUT2D eigenvalue weighted by Gasteiger charge is -2.12. The molecule has 0 aliphatic rings. The highest BCUT2D eigenvalue weighted by Crippen LogP contribution is 2.30. The van der Waals surface area contributed by atoms with Gasteiger partial charge < -0.3 is 14.6 Å². The molecule has 1 aromatic carbocycles. The fourth-order valence-corrected chi connectivity index (χ4v) is 1.45. The van der Waals surface area contributed by atoms with E-state index >= 15 is 0 Å². The fourth-order valence-electron chi connectivity index (χ4n) is 1.45. The molecule has 1 N–H and O–H groups in total. The number of rotatable bonds is 5. The highest BCUT2D eigenvalue weighted by molar-refractivity contribution is 5.43. The Morgan fingerprint density at radius 2 is 2.06 bits per heavy atom. The molecule has 0 fully saturated rings. The Hall–Kier alpha value is -1.99. The van der Waals surface area contributed by atoms with Crippen molar-refractivity contribution < 1.29 is 14.6 Å². The van der Waals surface area contributed by atoms with Crippen LogP contribution >= 0.6 is 0 Å². The van der Waals surface area contributed by atoms with E-state index in [0.29, 0.717) is 17.9 Å². The van der Waals surface area contributed by atoms with Crippen LogP contribution in [-0.4, -0.2) is 19.3 Å². The second-order valence-electron chi connectivity index (χ2n) is 3.40. The van der Waals surface area contributed by atoms with E-state index in [1.165, 1.54) is 6.08 Å². The van der Waals surface area contributed by atoms with Crippen LogP contribution in [-0.2, 0) is 0 Å². The minimum Gasteiger partial charge on any atom is -0.493 e. The Balaban J connectivity index is 2.84. The first-order valence-electron chi connectivity index (χ1n) is 5.17. The Morgan fingerprint density at radius 1 is 1.35 bits per heavy atom. The SMILES string of the molecule is COc1ccc([C@@H](O)C/C=C\C#N)cc1OC. The number of hydrogen-bond donors (Lipinski definition) is 1. The molecular formula is C13H15NO3. The summed E-state index contributed by atoms with van der Waals surface area (Å²) < 4.78 is 10.3. The van der Waals surface area contributed by atoms with Gasteiger partial charge in [0.05, 0.1) is 26.4 Å². The third kappa shape index (κ3) is 3.51. The maximum absolute atomic E-state index is 9.87. The largest absolute Gasteiger partial charge is 0.493 e. The van der Waals surface area contributed by atoms with Gasteiger partial charge in [0, 0.05) is 6.08 Å². The summed E-state index contributed by atoms with van der Waals surface area (Å²) >= 11 is 0. The number of aliphatic hydroxyl groups is 1. The molecule has 0 amide bonds. The minimum absolute atomic E-state index is 0.392. The molecule has 0 unspecified atom stereocenters. The molecule has 0 spiro atoms. The molecule has 0 radical (unpaired) electrons. The first-order chi connectivity index (χ1) is 8.22. The van der Waals surface area contributed by atoms with Crippen molar-refractivity contribution in [2.24, 2.45) is 0 Å². The van der Waals surface area contributed by atoms with Crippen molar-refractivity contribution in [3.8, 4) is 17.6 Å². The Kier molecular flexibility index (Phi) is 5.05. The molecule has 4 nitrogen and oxygen atoms in total. The lowest BCUT2D eigenvalue weighted by Crippen LogP contribution is -1.98. The molecule has 1 rings (SSSR count). The van der Waals surface area contributed by atoms with Gasteiger partial charge in [0.2, 0.25) is 0 Å². The molecule has 0 aromatic heterocycles. The van der Waals surface area contributed by atoms with Gasteiger partial charge in [-0.05, 0) is 24.1 Å². The van der Waals surface area contributed by atoms with E-state index in [9.17, 15) is 5.11 Å².